The third-order valence-electron chi connectivity index (χ3n) is 4.50. The molecule has 0 aromatic heterocycles. The quantitative estimate of drug-likeness (QED) is 0.742. The highest BCUT2D eigenvalue weighted by atomic mass is 16.4. The van der Waals surface area contributed by atoms with Crippen LogP contribution in [-0.2, 0) is 14.4 Å². The van der Waals surface area contributed by atoms with Gasteiger partial charge in [-0.25, -0.2) is 0 Å². The maximum atomic E-state index is 12.6. The number of anilines is 2. The molecule has 0 spiro atoms. The summed E-state index contributed by atoms with van der Waals surface area (Å²) < 4.78 is 0. The Labute approximate surface area is 133 Å². The third-order valence-corrected chi connectivity index (χ3v) is 4.50. The number of carbonyl (C=O) groups excluding carboxylic acids is 2. The van der Waals surface area contributed by atoms with Gasteiger partial charge in [0.15, 0.2) is 0 Å². The van der Waals surface area contributed by atoms with Gasteiger partial charge in [-0.15, -0.1) is 0 Å². The zero-order valence-corrected chi connectivity index (χ0v) is 12.7. The molecule has 6 heteroatoms. The van der Waals surface area contributed by atoms with E-state index in [1.165, 1.54) is 6.92 Å². The lowest BCUT2D eigenvalue weighted by atomic mass is 9.82. The normalized spacial score (nSPS) is 27.7. The molecule has 3 rings (SSSR count). The molecule has 1 aromatic rings. The van der Waals surface area contributed by atoms with Crippen LogP contribution in [0.3, 0.4) is 0 Å². The molecule has 0 radical (unpaired) electrons. The van der Waals surface area contributed by atoms with Crippen LogP contribution in [0.1, 0.15) is 13.3 Å². The molecule has 2 aliphatic carbocycles. The van der Waals surface area contributed by atoms with Gasteiger partial charge >= 0.3 is 5.97 Å². The van der Waals surface area contributed by atoms with Crippen LogP contribution in [0.15, 0.2) is 36.4 Å². The maximum absolute atomic E-state index is 12.6. The zero-order valence-electron chi connectivity index (χ0n) is 12.7. The molecule has 23 heavy (non-hydrogen) atoms. The molecule has 0 aliphatic heterocycles. The summed E-state index contributed by atoms with van der Waals surface area (Å²) in [7, 11) is 0. The molecule has 1 aromatic carbocycles. The average Bonchev–Trinajstić information content (AvgIpc) is 3.07. The van der Waals surface area contributed by atoms with Gasteiger partial charge in [0.1, 0.15) is 0 Å². The molecule has 120 valence electrons. The SMILES string of the molecule is CC(=O)Nc1cccc(NC(=O)[C@H]2[C@@H](C(=O)O)[C@H]3C=C[C@H]2C3)c1. The lowest BCUT2D eigenvalue weighted by Gasteiger charge is -2.24. The molecule has 2 aliphatic rings. The Morgan fingerprint density at radius 2 is 1.65 bits per heavy atom. The van der Waals surface area contributed by atoms with E-state index in [1.807, 2.05) is 12.2 Å². The van der Waals surface area contributed by atoms with E-state index in [9.17, 15) is 19.5 Å². The van der Waals surface area contributed by atoms with Crippen molar-refractivity contribution in [3.63, 3.8) is 0 Å². The number of hydrogen-bond acceptors (Lipinski definition) is 3. The predicted molar refractivity (Wildman–Crippen MR) is 84.7 cm³/mol. The van der Waals surface area contributed by atoms with Crippen LogP contribution in [0, 0.1) is 23.7 Å². The van der Waals surface area contributed by atoms with E-state index in [-0.39, 0.29) is 23.7 Å². The lowest BCUT2D eigenvalue weighted by molar-refractivity contribution is -0.146. The highest BCUT2D eigenvalue weighted by Crippen LogP contribution is 2.48. The summed E-state index contributed by atoms with van der Waals surface area (Å²) >= 11 is 0. The van der Waals surface area contributed by atoms with E-state index >= 15 is 0 Å². The zero-order chi connectivity index (χ0) is 16.6. The third kappa shape index (κ3) is 2.97. The lowest BCUT2D eigenvalue weighted by Crippen LogP contribution is -2.36. The molecule has 4 atom stereocenters. The number of nitrogens with one attached hydrogen (secondary N) is 2. The first kappa shape index (κ1) is 15.3. The Balaban J connectivity index is 1.75. The Kier molecular flexibility index (Phi) is 3.90. The fourth-order valence-corrected chi connectivity index (χ4v) is 3.62. The van der Waals surface area contributed by atoms with Crippen molar-refractivity contribution in [1.82, 2.24) is 0 Å². The van der Waals surface area contributed by atoms with Crippen molar-refractivity contribution in [3.05, 3.63) is 36.4 Å². The Morgan fingerprint density at radius 3 is 2.26 bits per heavy atom. The van der Waals surface area contributed by atoms with Crippen LogP contribution in [0.5, 0.6) is 0 Å². The minimum atomic E-state index is -0.922. The summed E-state index contributed by atoms with van der Waals surface area (Å²) in [6.07, 6.45) is 4.58. The average molecular weight is 314 g/mol. The molecule has 3 N–H and O–H groups in total. The summed E-state index contributed by atoms with van der Waals surface area (Å²) in [5.41, 5.74) is 1.12. The number of carboxylic acid groups (broad SMARTS) is 1. The van der Waals surface area contributed by atoms with E-state index in [2.05, 4.69) is 10.6 Å². The number of benzene rings is 1. The van der Waals surface area contributed by atoms with Crippen LogP contribution >= 0.6 is 0 Å². The van der Waals surface area contributed by atoms with Gasteiger partial charge in [0.2, 0.25) is 11.8 Å². The number of hydrogen-bond donors (Lipinski definition) is 3. The standard InChI is InChI=1S/C17H18N2O4/c1-9(20)18-12-3-2-4-13(8-12)19-16(21)14-10-5-6-11(7-10)15(14)17(22)23/h2-6,8,10-11,14-15H,7H2,1H3,(H,18,20)(H,19,21)(H,22,23)/t10-,11-,14+,15-/m0/s1. The van der Waals surface area contributed by atoms with Gasteiger partial charge in [-0.3, -0.25) is 14.4 Å². The molecular formula is C17H18N2O4. The molecule has 0 saturated heterocycles. The summed E-state index contributed by atoms with van der Waals surface area (Å²) in [4.78, 5) is 35.1. The van der Waals surface area contributed by atoms with Crippen LogP contribution in [0.2, 0.25) is 0 Å². The number of aliphatic carboxylic acids is 1. The van der Waals surface area contributed by atoms with E-state index in [4.69, 9.17) is 0 Å². The second-order valence-corrected chi connectivity index (χ2v) is 6.09. The topological polar surface area (TPSA) is 95.5 Å². The number of rotatable bonds is 4. The van der Waals surface area contributed by atoms with Gasteiger partial charge in [0.05, 0.1) is 11.8 Å². The predicted octanol–water partition coefficient (Wildman–Crippen LogP) is 2.11. The van der Waals surface area contributed by atoms with Crippen molar-refractivity contribution in [2.45, 2.75) is 13.3 Å². The van der Waals surface area contributed by atoms with E-state index in [0.717, 1.165) is 6.42 Å². The molecule has 1 saturated carbocycles. The highest BCUT2D eigenvalue weighted by Gasteiger charge is 2.51. The van der Waals surface area contributed by atoms with Crippen LogP contribution in [-0.4, -0.2) is 22.9 Å². The number of amides is 2. The highest BCUT2D eigenvalue weighted by molar-refractivity contribution is 5.97. The largest absolute Gasteiger partial charge is 0.481 e. The number of fused-ring (bicyclic) bond motifs is 2. The number of allylic oxidation sites excluding steroid dienone is 2. The van der Waals surface area contributed by atoms with Gasteiger partial charge < -0.3 is 15.7 Å². The smallest absolute Gasteiger partial charge is 0.307 e. The fraction of sp³-hybridized carbons (Fsp3) is 0.353. The summed E-state index contributed by atoms with van der Waals surface area (Å²) in [5, 5.41) is 14.8. The van der Waals surface area contributed by atoms with Crippen LogP contribution in [0.4, 0.5) is 11.4 Å². The minimum Gasteiger partial charge on any atom is -0.481 e. The van der Waals surface area contributed by atoms with Gasteiger partial charge in [-0.1, -0.05) is 18.2 Å². The van der Waals surface area contributed by atoms with Crippen molar-refractivity contribution in [2.24, 2.45) is 23.7 Å². The summed E-state index contributed by atoms with van der Waals surface area (Å²) in [6.45, 7) is 1.41. The summed E-state index contributed by atoms with van der Waals surface area (Å²) in [6, 6.07) is 6.80. The van der Waals surface area contributed by atoms with E-state index in [0.29, 0.717) is 11.4 Å². The van der Waals surface area contributed by atoms with Crippen molar-refractivity contribution in [2.75, 3.05) is 10.6 Å². The Bertz CT molecular complexity index is 698. The number of carbonyl (C=O) groups is 3. The van der Waals surface area contributed by atoms with Gasteiger partial charge in [0.25, 0.3) is 0 Å². The van der Waals surface area contributed by atoms with Gasteiger partial charge in [-0.05, 0) is 36.5 Å². The van der Waals surface area contributed by atoms with E-state index in [1.54, 1.807) is 24.3 Å². The molecule has 2 amide bonds. The molecular weight excluding hydrogens is 296 g/mol. The first-order valence-corrected chi connectivity index (χ1v) is 7.55. The Morgan fingerprint density at radius 1 is 1.04 bits per heavy atom. The summed E-state index contributed by atoms with van der Waals surface area (Å²) in [5.74, 6) is -2.69. The second kappa shape index (κ2) is 5.87. The monoisotopic (exact) mass is 314 g/mol. The van der Waals surface area contributed by atoms with Crippen molar-refractivity contribution in [3.8, 4) is 0 Å². The first-order chi connectivity index (χ1) is 11.0. The minimum absolute atomic E-state index is 0.0142. The van der Waals surface area contributed by atoms with Gasteiger partial charge in [-0.2, -0.15) is 0 Å². The Hall–Kier alpha value is -2.63. The van der Waals surface area contributed by atoms with Crippen molar-refractivity contribution >= 4 is 29.2 Å². The van der Waals surface area contributed by atoms with Crippen molar-refractivity contribution in [1.29, 1.82) is 0 Å². The molecule has 6 nitrogen and oxygen atoms in total. The van der Waals surface area contributed by atoms with E-state index < -0.39 is 17.8 Å². The molecule has 0 heterocycles. The van der Waals surface area contributed by atoms with Crippen LogP contribution < -0.4 is 10.6 Å². The van der Waals surface area contributed by atoms with Gasteiger partial charge in [0, 0.05) is 18.3 Å². The molecule has 0 unspecified atom stereocenters. The van der Waals surface area contributed by atoms with Crippen LogP contribution in [0.25, 0.3) is 0 Å². The van der Waals surface area contributed by atoms with Crippen molar-refractivity contribution < 1.29 is 19.5 Å². The maximum Gasteiger partial charge on any atom is 0.307 e. The fourth-order valence-electron chi connectivity index (χ4n) is 3.62. The number of carboxylic acids is 1. The molecule has 1 fully saturated rings. The first-order valence-electron chi connectivity index (χ1n) is 7.55. The second-order valence-electron chi connectivity index (χ2n) is 6.09. The molecule has 2 bridgehead atoms.